The van der Waals surface area contributed by atoms with Gasteiger partial charge in [0.2, 0.25) is 0 Å². The van der Waals surface area contributed by atoms with Crippen molar-refractivity contribution < 1.29 is 0 Å². The van der Waals surface area contributed by atoms with Crippen molar-refractivity contribution in [1.29, 1.82) is 0 Å². The zero-order valence-corrected chi connectivity index (χ0v) is 13.0. The summed E-state index contributed by atoms with van der Waals surface area (Å²) in [6.07, 6.45) is 3.45. The van der Waals surface area contributed by atoms with Gasteiger partial charge < -0.3 is 10.2 Å². The molecule has 1 heterocycles. The molecule has 0 bridgehead atoms. The molecule has 1 aliphatic rings. The van der Waals surface area contributed by atoms with Crippen molar-refractivity contribution in [3.63, 3.8) is 0 Å². The summed E-state index contributed by atoms with van der Waals surface area (Å²) in [6, 6.07) is 8.75. The van der Waals surface area contributed by atoms with Gasteiger partial charge in [0, 0.05) is 24.7 Å². The average Bonchev–Trinajstić information content (AvgIpc) is 2.47. The van der Waals surface area contributed by atoms with E-state index in [-0.39, 0.29) is 5.54 Å². The summed E-state index contributed by atoms with van der Waals surface area (Å²) < 4.78 is 0. The third kappa shape index (κ3) is 2.90. The number of hydrogen-bond acceptors (Lipinski definition) is 2. The molecule has 0 aromatic heterocycles. The number of hydrogen-bond donors (Lipinski definition) is 1. The van der Waals surface area contributed by atoms with Crippen LogP contribution >= 0.6 is 11.6 Å². The van der Waals surface area contributed by atoms with E-state index in [0.29, 0.717) is 6.04 Å². The Hall–Kier alpha value is -0.730. The average molecular weight is 281 g/mol. The van der Waals surface area contributed by atoms with Gasteiger partial charge in [0.15, 0.2) is 0 Å². The van der Waals surface area contributed by atoms with Gasteiger partial charge in [-0.1, -0.05) is 44.5 Å². The maximum Gasteiger partial charge on any atom is 0.0639 e. The normalized spacial score (nSPS) is 22.5. The van der Waals surface area contributed by atoms with Gasteiger partial charge in [-0.3, -0.25) is 0 Å². The van der Waals surface area contributed by atoms with E-state index < -0.39 is 0 Å². The number of rotatable bonds is 4. The summed E-state index contributed by atoms with van der Waals surface area (Å²) in [6.45, 7) is 8.88. The molecular formula is C16H25ClN2. The van der Waals surface area contributed by atoms with E-state index in [0.717, 1.165) is 37.4 Å². The van der Waals surface area contributed by atoms with Crippen molar-refractivity contribution in [1.82, 2.24) is 5.32 Å². The molecule has 2 nitrogen and oxygen atoms in total. The second-order valence-electron chi connectivity index (χ2n) is 5.51. The van der Waals surface area contributed by atoms with Crippen LogP contribution in [0.5, 0.6) is 0 Å². The van der Waals surface area contributed by atoms with Crippen LogP contribution < -0.4 is 10.2 Å². The molecule has 106 valence electrons. The Morgan fingerprint density at radius 1 is 1.26 bits per heavy atom. The summed E-state index contributed by atoms with van der Waals surface area (Å²) in [7, 11) is 0. The first-order chi connectivity index (χ1) is 9.15. The van der Waals surface area contributed by atoms with Crippen LogP contribution in [0, 0.1) is 0 Å². The predicted molar refractivity (Wildman–Crippen MR) is 84.2 cm³/mol. The third-order valence-corrected chi connectivity index (χ3v) is 4.93. The number of para-hydroxylation sites is 1. The fourth-order valence-electron chi connectivity index (χ4n) is 3.01. The molecule has 2 rings (SSSR count). The van der Waals surface area contributed by atoms with Crippen LogP contribution in [0.1, 0.15) is 40.0 Å². The predicted octanol–water partition coefficient (Wildman–Crippen LogP) is 4.09. The van der Waals surface area contributed by atoms with Crippen LogP contribution in [0.3, 0.4) is 0 Å². The lowest BCUT2D eigenvalue weighted by atomic mass is 9.87. The van der Waals surface area contributed by atoms with E-state index in [1.54, 1.807) is 0 Å². The van der Waals surface area contributed by atoms with Gasteiger partial charge >= 0.3 is 0 Å². The van der Waals surface area contributed by atoms with Crippen molar-refractivity contribution in [2.75, 3.05) is 18.0 Å². The van der Waals surface area contributed by atoms with Gasteiger partial charge in [-0.2, -0.15) is 0 Å². The Balaban J connectivity index is 2.31. The molecule has 3 heteroatoms. The lowest BCUT2D eigenvalue weighted by molar-refractivity contribution is 0.246. The minimum absolute atomic E-state index is 0.227. The van der Waals surface area contributed by atoms with Gasteiger partial charge in [-0.25, -0.2) is 0 Å². The molecule has 1 aliphatic heterocycles. The smallest absolute Gasteiger partial charge is 0.0639 e. The summed E-state index contributed by atoms with van der Waals surface area (Å²) >= 11 is 6.40. The van der Waals surface area contributed by atoms with E-state index in [1.807, 2.05) is 12.1 Å². The van der Waals surface area contributed by atoms with Gasteiger partial charge in [0.1, 0.15) is 0 Å². The topological polar surface area (TPSA) is 15.3 Å². The second kappa shape index (κ2) is 6.15. The number of benzene rings is 1. The first-order valence-corrected chi connectivity index (χ1v) is 7.79. The molecule has 0 saturated carbocycles. The van der Waals surface area contributed by atoms with Crippen molar-refractivity contribution >= 4 is 17.3 Å². The van der Waals surface area contributed by atoms with Gasteiger partial charge in [0.05, 0.1) is 10.7 Å². The maximum atomic E-state index is 6.40. The maximum absolute atomic E-state index is 6.40. The van der Waals surface area contributed by atoms with E-state index in [2.05, 4.69) is 43.1 Å². The molecule has 1 aromatic rings. The van der Waals surface area contributed by atoms with E-state index >= 15 is 0 Å². The molecular weight excluding hydrogens is 256 g/mol. The quantitative estimate of drug-likeness (QED) is 0.894. The minimum atomic E-state index is 0.227. The van der Waals surface area contributed by atoms with E-state index in [1.165, 1.54) is 5.69 Å². The Morgan fingerprint density at radius 3 is 2.53 bits per heavy atom. The summed E-state index contributed by atoms with van der Waals surface area (Å²) in [4.78, 5) is 2.51. The lowest BCUT2D eigenvalue weighted by Crippen LogP contribution is -2.64. The largest absolute Gasteiger partial charge is 0.364 e. The van der Waals surface area contributed by atoms with E-state index in [4.69, 9.17) is 11.6 Å². The Bertz CT molecular complexity index is 415. The summed E-state index contributed by atoms with van der Waals surface area (Å²) in [5, 5.41) is 4.63. The van der Waals surface area contributed by atoms with Crippen molar-refractivity contribution in [2.45, 2.75) is 51.6 Å². The third-order valence-electron chi connectivity index (χ3n) is 4.61. The molecule has 1 atom stereocenters. The number of nitrogens with zero attached hydrogens (tertiary/aromatic N) is 1. The molecule has 0 spiro atoms. The fourth-order valence-corrected chi connectivity index (χ4v) is 3.25. The van der Waals surface area contributed by atoms with Crippen LogP contribution in [-0.4, -0.2) is 24.7 Å². The highest BCUT2D eigenvalue weighted by Crippen LogP contribution is 2.32. The molecule has 0 amide bonds. The van der Waals surface area contributed by atoms with Crippen LogP contribution in [0.2, 0.25) is 5.02 Å². The SMILES string of the molecule is CCC1CNC(CC)(CC)CN1c1ccccc1Cl. The molecule has 1 N–H and O–H groups in total. The van der Waals surface area contributed by atoms with Crippen LogP contribution in [0.15, 0.2) is 24.3 Å². The monoisotopic (exact) mass is 280 g/mol. The summed E-state index contributed by atoms with van der Waals surface area (Å²) in [5.41, 5.74) is 1.41. The summed E-state index contributed by atoms with van der Waals surface area (Å²) in [5.74, 6) is 0. The number of anilines is 1. The van der Waals surface area contributed by atoms with Crippen molar-refractivity contribution in [3.05, 3.63) is 29.3 Å². The fraction of sp³-hybridized carbons (Fsp3) is 0.625. The standard InChI is InChI=1S/C16H25ClN2/c1-4-13-11-18-16(5-2,6-3)12-19(13)15-10-8-7-9-14(15)17/h7-10,13,18H,4-6,11-12H2,1-3H3. The highest BCUT2D eigenvalue weighted by atomic mass is 35.5. The number of piperazine rings is 1. The van der Waals surface area contributed by atoms with Crippen LogP contribution in [0.4, 0.5) is 5.69 Å². The van der Waals surface area contributed by atoms with Gasteiger partial charge in [-0.15, -0.1) is 0 Å². The van der Waals surface area contributed by atoms with Crippen LogP contribution in [-0.2, 0) is 0 Å². The zero-order valence-electron chi connectivity index (χ0n) is 12.2. The lowest BCUT2D eigenvalue weighted by Gasteiger charge is -2.48. The first-order valence-electron chi connectivity index (χ1n) is 7.42. The Labute approximate surface area is 122 Å². The molecule has 0 aliphatic carbocycles. The molecule has 1 aromatic carbocycles. The zero-order chi connectivity index (χ0) is 13.9. The molecule has 1 fully saturated rings. The van der Waals surface area contributed by atoms with Crippen LogP contribution in [0.25, 0.3) is 0 Å². The second-order valence-corrected chi connectivity index (χ2v) is 5.92. The minimum Gasteiger partial charge on any atom is -0.364 e. The first kappa shape index (κ1) is 14.7. The van der Waals surface area contributed by atoms with Gasteiger partial charge in [-0.05, 0) is 31.4 Å². The number of nitrogens with one attached hydrogen (secondary N) is 1. The Morgan fingerprint density at radius 2 is 1.95 bits per heavy atom. The molecule has 1 saturated heterocycles. The highest BCUT2D eigenvalue weighted by molar-refractivity contribution is 6.33. The molecule has 0 radical (unpaired) electrons. The van der Waals surface area contributed by atoms with Gasteiger partial charge in [0.25, 0.3) is 0 Å². The van der Waals surface area contributed by atoms with E-state index in [9.17, 15) is 0 Å². The molecule has 19 heavy (non-hydrogen) atoms. The van der Waals surface area contributed by atoms with Crippen molar-refractivity contribution in [2.24, 2.45) is 0 Å². The highest BCUT2D eigenvalue weighted by Gasteiger charge is 2.36. The van der Waals surface area contributed by atoms with Crippen molar-refractivity contribution in [3.8, 4) is 0 Å². The Kier molecular flexibility index (Phi) is 4.75. The number of halogens is 1. The molecule has 1 unspecified atom stereocenters.